The average Bonchev–Trinajstić information content (AvgIpc) is 2.58. The highest BCUT2D eigenvalue weighted by molar-refractivity contribution is 8.26. The van der Waals surface area contributed by atoms with Gasteiger partial charge < -0.3 is 15.3 Å². The third-order valence-corrected chi connectivity index (χ3v) is 2.95. The maximum Gasteiger partial charge on any atom is 0.263 e. The summed E-state index contributed by atoms with van der Waals surface area (Å²) >= 11 is 5.92. The van der Waals surface area contributed by atoms with Gasteiger partial charge in [0.25, 0.3) is 5.91 Å². The molecule has 0 aromatic rings. The first kappa shape index (κ1) is 10.6. The largest absolute Gasteiger partial charge is 0.410 e. The molecule has 0 saturated carbocycles. The van der Waals surface area contributed by atoms with E-state index in [4.69, 9.17) is 17.1 Å². The lowest BCUT2D eigenvalue weighted by Crippen LogP contribution is -2.37. The van der Waals surface area contributed by atoms with E-state index >= 15 is 0 Å². The van der Waals surface area contributed by atoms with E-state index in [0.29, 0.717) is 15.0 Å². The fraction of sp³-hybridized carbons (Fsp3) is 0.250. The van der Waals surface area contributed by atoms with Gasteiger partial charge in [0.1, 0.15) is 10.1 Å². The highest BCUT2D eigenvalue weighted by Gasteiger charge is 2.32. The predicted octanol–water partition coefficient (Wildman–Crippen LogP) is 0.145. The third kappa shape index (κ3) is 2.20. The fourth-order valence-corrected chi connectivity index (χ4v) is 2.31. The summed E-state index contributed by atoms with van der Waals surface area (Å²) < 4.78 is 0.384. The number of thioether (sulfide) groups is 1. The molecule has 1 amide bonds. The summed E-state index contributed by atoms with van der Waals surface area (Å²) in [4.78, 5) is 16.5. The van der Waals surface area contributed by atoms with Gasteiger partial charge in [-0.3, -0.25) is 4.79 Å². The molecule has 1 unspecified atom stereocenters. The first-order chi connectivity index (χ1) is 6.98. The highest BCUT2D eigenvalue weighted by atomic mass is 32.2. The molecular formula is C8H8N2O3S2. The lowest BCUT2D eigenvalue weighted by atomic mass is 10.2. The van der Waals surface area contributed by atoms with Crippen molar-refractivity contribution in [1.29, 1.82) is 0 Å². The van der Waals surface area contributed by atoms with E-state index in [9.17, 15) is 9.90 Å². The van der Waals surface area contributed by atoms with Crippen molar-refractivity contribution < 1.29 is 14.7 Å². The Kier molecular flexibility index (Phi) is 2.55. The SMILES string of the molecule is CC1=CC(O)(C=C2SC(=S)NC2=O)NO1. The van der Waals surface area contributed by atoms with Gasteiger partial charge >= 0.3 is 0 Å². The van der Waals surface area contributed by atoms with Crippen molar-refractivity contribution in [3.8, 4) is 0 Å². The topological polar surface area (TPSA) is 70.6 Å². The molecule has 0 radical (unpaired) electrons. The number of hydrogen-bond acceptors (Lipinski definition) is 6. The molecule has 2 aliphatic rings. The molecule has 2 heterocycles. The van der Waals surface area contributed by atoms with Gasteiger partial charge in [-0.25, -0.2) is 0 Å². The second kappa shape index (κ2) is 3.60. The molecule has 5 nitrogen and oxygen atoms in total. The van der Waals surface area contributed by atoms with Gasteiger partial charge in [0.05, 0.1) is 4.91 Å². The van der Waals surface area contributed by atoms with Crippen LogP contribution < -0.4 is 10.8 Å². The van der Waals surface area contributed by atoms with Crippen LogP contribution in [0.5, 0.6) is 0 Å². The number of amides is 1. The zero-order valence-corrected chi connectivity index (χ0v) is 9.37. The predicted molar refractivity (Wildman–Crippen MR) is 59.3 cm³/mol. The number of nitrogens with one attached hydrogen (secondary N) is 2. The summed E-state index contributed by atoms with van der Waals surface area (Å²) in [5, 5.41) is 12.4. The normalized spacial score (nSPS) is 32.9. The number of allylic oxidation sites excluding steroid dienone is 1. The minimum Gasteiger partial charge on any atom is -0.410 e. The zero-order chi connectivity index (χ0) is 11.1. The van der Waals surface area contributed by atoms with E-state index in [1.807, 2.05) is 0 Å². The Morgan fingerprint density at radius 1 is 1.73 bits per heavy atom. The first-order valence-electron chi connectivity index (χ1n) is 4.10. The van der Waals surface area contributed by atoms with Crippen LogP contribution in [0.25, 0.3) is 0 Å². The van der Waals surface area contributed by atoms with E-state index in [1.54, 1.807) is 6.92 Å². The van der Waals surface area contributed by atoms with Crippen molar-refractivity contribution in [2.45, 2.75) is 12.6 Å². The number of hydrogen-bond donors (Lipinski definition) is 3. The van der Waals surface area contributed by atoms with Gasteiger partial charge in [-0.1, -0.05) is 24.0 Å². The van der Waals surface area contributed by atoms with E-state index in [0.717, 1.165) is 11.8 Å². The van der Waals surface area contributed by atoms with E-state index in [2.05, 4.69) is 10.8 Å². The van der Waals surface area contributed by atoms with Crippen LogP contribution in [0, 0.1) is 0 Å². The molecule has 2 rings (SSSR count). The molecule has 0 aliphatic carbocycles. The summed E-state index contributed by atoms with van der Waals surface area (Å²) in [6.45, 7) is 1.69. The van der Waals surface area contributed by atoms with Gasteiger partial charge in [-0.2, -0.15) is 0 Å². The number of carbonyl (C=O) groups is 1. The van der Waals surface area contributed by atoms with Gasteiger partial charge in [0.15, 0.2) is 5.72 Å². The molecule has 3 N–H and O–H groups in total. The third-order valence-electron chi connectivity index (χ3n) is 1.79. The average molecular weight is 244 g/mol. The molecule has 0 aromatic heterocycles. The van der Waals surface area contributed by atoms with Gasteiger partial charge in [0, 0.05) is 6.08 Å². The second-order valence-corrected chi connectivity index (χ2v) is 4.86. The number of rotatable bonds is 1. The minimum atomic E-state index is -1.44. The number of aliphatic hydroxyl groups is 1. The van der Waals surface area contributed by atoms with Crippen LogP contribution in [-0.4, -0.2) is 21.1 Å². The molecule has 2 aliphatic heterocycles. The lowest BCUT2D eigenvalue weighted by Gasteiger charge is -2.14. The van der Waals surface area contributed by atoms with E-state index in [1.165, 1.54) is 12.2 Å². The standard InChI is InChI=1S/C8H8N2O3S2/c1-4-2-8(12,10-13-4)3-5-6(11)9-7(14)15-5/h2-3,10,12H,1H3,(H,9,11,14). The maximum absolute atomic E-state index is 11.3. The molecule has 1 fully saturated rings. The molecule has 1 saturated heterocycles. The Morgan fingerprint density at radius 2 is 2.47 bits per heavy atom. The van der Waals surface area contributed by atoms with Crippen molar-refractivity contribution >= 4 is 34.2 Å². The number of thiocarbonyl (C=S) groups is 1. The Bertz CT molecular complexity index is 405. The van der Waals surface area contributed by atoms with Gasteiger partial charge in [-0.05, 0) is 13.0 Å². The molecule has 7 heteroatoms. The highest BCUT2D eigenvalue weighted by Crippen LogP contribution is 2.27. The molecule has 15 heavy (non-hydrogen) atoms. The van der Waals surface area contributed by atoms with Crippen molar-refractivity contribution in [2.24, 2.45) is 0 Å². The smallest absolute Gasteiger partial charge is 0.263 e. The molecule has 1 atom stereocenters. The summed E-state index contributed by atoms with van der Waals surface area (Å²) in [6.07, 6.45) is 2.83. The van der Waals surface area contributed by atoms with Gasteiger partial charge in [0.2, 0.25) is 0 Å². The summed E-state index contributed by atoms with van der Waals surface area (Å²) in [5.41, 5.74) is 0.954. The lowest BCUT2D eigenvalue weighted by molar-refractivity contribution is -0.115. The maximum atomic E-state index is 11.3. The summed E-state index contributed by atoms with van der Waals surface area (Å²) in [5.74, 6) is 0.235. The van der Waals surface area contributed by atoms with E-state index < -0.39 is 5.72 Å². The minimum absolute atomic E-state index is 0.307. The monoisotopic (exact) mass is 244 g/mol. The molecule has 0 aromatic carbocycles. The Hall–Kier alpha value is -0.890. The quantitative estimate of drug-likeness (QED) is 0.450. The van der Waals surface area contributed by atoms with Crippen LogP contribution in [-0.2, 0) is 9.63 Å². The van der Waals surface area contributed by atoms with Crippen LogP contribution in [0.4, 0.5) is 0 Å². The molecule has 0 bridgehead atoms. The van der Waals surface area contributed by atoms with Crippen molar-refractivity contribution in [2.75, 3.05) is 0 Å². The second-order valence-electron chi connectivity index (χ2n) is 3.14. The van der Waals surface area contributed by atoms with Gasteiger partial charge in [-0.15, -0.1) is 5.48 Å². The van der Waals surface area contributed by atoms with Crippen LogP contribution in [0.3, 0.4) is 0 Å². The Balaban J connectivity index is 2.24. The molecular weight excluding hydrogens is 236 g/mol. The van der Waals surface area contributed by atoms with Crippen molar-refractivity contribution in [3.05, 3.63) is 22.8 Å². The molecule has 80 valence electrons. The Morgan fingerprint density at radius 3 is 2.93 bits per heavy atom. The van der Waals surface area contributed by atoms with E-state index in [-0.39, 0.29) is 5.91 Å². The number of hydroxylamine groups is 1. The summed E-state index contributed by atoms with van der Waals surface area (Å²) in [7, 11) is 0. The zero-order valence-electron chi connectivity index (χ0n) is 7.73. The first-order valence-corrected chi connectivity index (χ1v) is 5.33. The summed E-state index contributed by atoms with van der Waals surface area (Å²) in [6, 6.07) is 0. The van der Waals surface area contributed by atoms with Crippen LogP contribution >= 0.6 is 24.0 Å². The number of carbonyl (C=O) groups excluding carboxylic acids is 1. The van der Waals surface area contributed by atoms with Crippen molar-refractivity contribution in [3.63, 3.8) is 0 Å². The van der Waals surface area contributed by atoms with Crippen LogP contribution in [0.15, 0.2) is 22.8 Å². The van der Waals surface area contributed by atoms with Crippen molar-refractivity contribution in [1.82, 2.24) is 10.8 Å². The van der Waals surface area contributed by atoms with Crippen LogP contribution in [0.2, 0.25) is 0 Å². The Labute approximate surface area is 95.5 Å². The van der Waals surface area contributed by atoms with Crippen LogP contribution in [0.1, 0.15) is 6.92 Å². The fourth-order valence-electron chi connectivity index (χ4n) is 1.22. The molecule has 0 spiro atoms.